The van der Waals surface area contributed by atoms with E-state index in [1.165, 1.54) is 13.3 Å². The zero-order chi connectivity index (χ0) is 25.9. The SMILES string of the molecule is CCCOc1ccc(C(=O)Oc2ccc(C=NNC(=O)C(=O)Nc3ccc(Br)cc3)cc2OC)cc1. The standard InChI is InChI=1S/C26H24BrN3O6/c1-3-14-35-21-11-5-18(6-12-21)26(33)36-22-13-4-17(15-23(22)34-2)16-28-30-25(32)24(31)29-20-9-7-19(27)8-10-20/h4-13,15-16H,3,14H2,1-2H3,(H,29,31)(H,30,32). The van der Waals surface area contributed by atoms with Crippen molar-refractivity contribution in [1.82, 2.24) is 5.43 Å². The molecule has 0 saturated heterocycles. The Bertz CT molecular complexity index is 1240. The van der Waals surface area contributed by atoms with E-state index in [9.17, 15) is 14.4 Å². The quantitative estimate of drug-likeness (QED) is 0.132. The molecule has 0 aromatic heterocycles. The Morgan fingerprint density at radius 1 is 0.944 bits per heavy atom. The number of methoxy groups -OCH3 is 1. The van der Waals surface area contributed by atoms with Crippen LogP contribution in [-0.2, 0) is 9.59 Å². The molecule has 3 rings (SSSR count). The van der Waals surface area contributed by atoms with Crippen LogP contribution in [0, 0.1) is 0 Å². The molecule has 0 saturated carbocycles. The molecule has 2 amide bonds. The summed E-state index contributed by atoms with van der Waals surface area (Å²) in [4.78, 5) is 36.5. The van der Waals surface area contributed by atoms with Gasteiger partial charge < -0.3 is 19.5 Å². The zero-order valence-corrected chi connectivity index (χ0v) is 21.2. The number of nitrogens with zero attached hydrogens (tertiary/aromatic N) is 1. The summed E-state index contributed by atoms with van der Waals surface area (Å²) in [6, 6.07) is 18.1. The molecule has 0 unspecified atom stereocenters. The molecule has 0 heterocycles. The van der Waals surface area contributed by atoms with Gasteiger partial charge in [0.1, 0.15) is 5.75 Å². The second-order valence-corrected chi connectivity index (χ2v) is 8.25. The summed E-state index contributed by atoms with van der Waals surface area (Å²) in [5.74, 6) is -1.18. The fourth-order valence-corrected chi connectivity index (χ4v) is 3.12. The number of benzene rings is 3. The van der Waals surface area contributed by atoms with Crippen molar-refractivity contribution in [2.75, 3.05) is 19.0 Å². The maximum absolute atomic E-state index is 12.5. The van der Waals surface area contributed by atoms with Crippen molar-refractivity contribution in [3.8, 4) is 17.2 Å². The molecule has 3 aromatic carbocycles. The Morgan fingerprint density at radius 2 is 1.67 bits per heavy atom. The van der Waals surface area contributed by atoms with E-state index in [1.807, 2.05) is 6.92 Å². The molecule has 186 valence electrons. The molecule has 0 aliphatic rings. The summed E-state index contributed by atoms with van der Waals surface area (Å²) in [5.41, 5.74) is 3.53. The van der Waals surface area contributed by atoms with Gasteiger partial charge in [0.2, 0.25) is 0 Å². The minimum atomic E-state index is -0.933. The average Bonchev–Trinajstić information content (AvgIpc) is 2.89. The first kappa shape index (κ1) is 26.4. The Morgan fingerprint density at radius 3 is 2.33 bits per heavy atom. The van der Waals surface area contributed by atoms with Gasteiger partial charge >= 0.3 is 17.8 Å². The number of nitrogens with one attached hydrogen (secondary N) is 2. The highest BCUT2D eigenvalue weighted by molar-refractivity contribution is 9.10. The monoisotopic (exact) mass is 553 g/mol. The molecule has 0 radical (unpaired) electrons. The van der Waals surface area contributed by atoms with Crippen LogP contribution in [0.15, 0.2) is 76.3 Å². The van der Waals surface area contributed by atoms with Gasteiger partial charge in [-0.2, -0.15) is 5.10 Å². The Balaban J connectivity index is 1.57. The predicted octanol–water partition coefficient (Wildman–Crippen LogP) is 4.55. The number of hydrazone groups is 1. The van der Waals surface area contributed by atoms with Crippen molar-refractivity contribution in [1.29, 1.82) is 0 Å². The first-order valence-corrected chi connectivity index (χ1v) is 11.7. The van der Waals surface area contributed by atoms with Crippen molar-refractivity contribution in [2.45, 2.75) is 13.3 Å². The number of anilines is 1. The maximum Gasteiger partial charge on any atom is 0.343 e. The fraction of sp³-hybridized carbons (Fsp3) is 0.154. The molecule has 0 spiro atoms. The normalized spacial score (nSPS) is 10.5. The molecule has 10 heteroatoms. The van der Waals surface area contributed by atoms with E-state index in [0.29, 0.717) is 29.2 Å². The van der Waals surface area contributed by atoms with Crippen LogP contribution in [0.3, 0.4) is 0 Å². The second kappa shape index (κ2) is 13.1. The lowest BCUT2D eigenvalue weighted by molar-refractivity contribution is -0.136. The molecule has 36 heavy (non-hydrogen) atoms. The van der Waals surface area contributed by atoms with Crippen molar-refractivity contribution >= 4 is 45.6 Å². The molecule has 0 bridgehead atoms. The van der Waals surface area contributed by atoms with E-state index in [-0.39, 0.29) is 11.5 Å². The van der Waals surface area contributed by atoms with Crippen molar-refractivity contribution in [2.24, 2.45) is 5.10 Å². The van der Waals surface area contributed by atoms with Gasteiger partial charge in [0.05, 0.1) is 25.5 Å². The summed E-state index contributed by atoms with van der Waals surface area (Å²) in [6.07, 6.45) is 2.21. The van der Waals surface area contributed by atoms with E-state index in [4.69, 9.17) is 14.2 Å². The van der Waals surface area contributed by atoms with Crippen molar-refractivity contribution in [3.63, 3.8) is 0 Å². The number of carbonyl (C=O) groups excluding carboxylic acids is 3. The van der Waals surface area contributed by atoms with Gasteiger partial charge in [-0.25, -0.2) is 10.2 Å². The van der Waals surface area contributed by atoms with Crippen LogP contribution < -0.4 is 25.0 Å². The average molecular weight is 554 g/mol. The smallest absolute Gasteiger partial charge is 0.343 e. The number of carbonyl (C=O) groups is 3. The molecule has 3 aromatic rings. The number of rotatable bonds is 9. The zero-order valence-electron chi connectivity index (χ0n) is 19.6. The van der Waals surface area contributed by atoms with Gasteiger partial charge in [-0.1, -0.05) is 22.9 Å². The molecule has 0 fully saturated rings. The minimum Gasteiger partial charge on any atom is -0.494 e. The number of hydrogen-bond acceptors (Lipinski definition) is 7. The number of esters is 1. The Hall–Kier alpha value is -4.18. The van der Waals surface area contributed by atoms with Crippen LogP contribution in [0.2, 0.25) is 0 Å². The Kier molecular flexibility index (Phi) is 9.58. The highest BCUT2D eigenvalue weighted by Crippen LogP contribution is 2.28. The third-order valence-electron chi connectivity index (χ3n) is 4.64. The molecule has 0 aliphatic heterocycles. The molecule has 0 aliphatic carbocycles. The molecular weight excluding hydrogens is 530 g/mol. The fourth-order valence-electron chi connectivity index (χ4n) is 2.85. The number of hydrogen-bond donors (Lipinski definition) is 2. The van der Waals surface area contributed by atoms with Crippen LogP contribution in [-0.4, -0.2) is 37.7 Å². The van der Waals surface area contributed by atoms with Crippen LogP contribution in [0.4, 0.5) is 5.69 Å². The number of halogens is 1. The van der Waals surface area contributed by atoms with Gasteiger partial charge in [0.15, 0.2) is 11.5 Å². The van der Waals surface area contributed by atoms with Crippen LogP contribution in [0.1, 0.15) is 29.3 Å². The predicted molar refractivity (Wildman–Crippen MR) is 139 cm³/mol. The summed E-state index contributed by atoms with van der Waals surface area (Å²) >= 11 is 3.29. The minimum absolute atomic E-state index is 0.212. The van der Waals surface area contributed by atoms with Crippen LogP contribution in [0.5, 0.6) is 17.2 Å². The van der Waals surface area contributed by atoms with Crippen LogP contribution in [0.25, 0.3) is 0 Å². The van der Waals surface area contributed by atoms with Gasteiger partial charge in [-0.3, -0.25) is 9.59 Å². The van der Waals surface area contributed by atoms with E-state index < -0.39 is 17.8 Å². The van der Waals surface area contributed by atoms with Gasteiger partial charge in [0, 0.05) is 10.2 Å². The van der Waals surface area contributed by atoms with Gasteiger partial charge in [0.25, 0.3) is 0 Å². The summed E-state index contributed by atoms with van der Waals surface area (Å²) in [7, 11) is 1.43. The summed E-state index contributed by atoms with van der Waals surface area (Å²) < 4.78 is 17.1. The second-order valence-electron chi connectivity index (χ2n) is 7.33. The molecule has 9 nitrogen and oxygen atoms in total. The summed E-state index contributed by atoms with van der Waals surface area (Å²) in [5, 5.41) is 6.26. The largest absolute Gasteiger partial charge is 0.494 e. The van der Waals surface area contributed by atoms with E-state index in [0.717, 1.165) is 10.9 Å². The highest BCUT2D eigenvalue weighted by atomic mass is 79.9. The topological polar surface area (TPSA) is 115 Å². The van der Waals surface area contributed by atoms with Gasteiger partial charge in [-0.15, -0.1) is 0 Å². The first-order valence-electron chi connectivity index (χ1n) is 10.9. The Labute approximate surface area is 216 Å². The van der Waals surface area contributed by atoms with Gasteiger partial charge in [-0.05, 0) is 78.7 Å². The van der Waals surface area contributed by atoms with E-state index in [2.05, 4.69) is 31.8 Å². The maximum atomic E-state index is 12.5. The number of amides is 2. The van der Waals surface area contributed by atoms with Crippen LogP contribution >= 0.6 is 15.9 Å². The van der Waals surface area contributed by atoms with E-state index in [1.54, 1.807) is 66.7 Å². The summed E-state index contributed by atoms with van der Waals surface area (Å²) in [6.45, 7) is 2.61. The lowest BCUT2D eigenvalue weighted by atomic mass is 10.2. The van der Waals surface area contributed by atoms with Crippen molar-refractivity contribution < 1.29 is 28.6 Å². The highest BCUT2D eigenvalue weighted by Gasteiger charge is 2.14. The third kappa shape index (κ3) is 7.67. The lowest BCUT2D eigenvalue weighted by Gasteiger charge is -2.10. The molecule has 2 N–H and O–H groups in total. The van der Waals surface area contributed by atoms with E-state index >= 15 is 0 Å². The number of ether oxygens (including phenoxy) is 3. The molecule has 0 atom stereocenters. The third-order valence-corrected chi connectivity index (χ3v) is 5.17. The van der Waals surface area contributed by atoms with Crippen molar-refractivity contribution in [3.05, 3.63) is 82.3 Å². The lowest BCUT2D eigenvalue weighted by Crippen LogP contribution is -2.32. The first-order chi connectivity index (χ1) is 17.4. The molecular formula is C26H24BrN3O6.